The van der Waals surface area contributed by atoms with Gasteiger partial charge in [0, 0.05) is 15.4 Å². The van der Waals surface area contributed by atoms with Crippen LogP contribution in [0.2, 0.25) is 0 Å². The van der Waals surface area contributed by atoms with Gasteiger partial charge < -0.3 is 14.8 Å². The number of nitrogens with one attached hydrogen (secondary N) is 1. The number of esters is 1. The smallest absolute Gasteiger partial charge is 0.341 e. The third-order valence-corrected chi connectivity index (χ3v) is 5.46. The lowest BCUT2D eigenvalue weighted by Gasteiger charge is -2.10. The van der Waals surface area contributed by atoms with Gasteiger partial charge in [0.15, 0.2) is 6.61 Å². The van der Waals surface area contributed by atoms with Crippen molar-refractivity contribution in [3.63, 3.8) is 0 Å². The van der Waals surface area contributed by atoms with Crippen LogP contribution in [0.3, 0.4) is 0 Å². The van der Waals surface area contributed by atoms with E-state index in [0.29, 0.717) is 16.3 Å². The van der Waals surface area contributed by atoms with Crippen molar-refractivity contribution in [2.24, 2.45) is 0 Å². The first kappa shape index (κ1) is 21.1. The first-order valence-corrected chi connectivity index (χ1v) is 10.7. The van der Waals surface area contributed by atoms with Gasteiger partial charge in [-0.05, 0) is 49.2 Å². The Balaban J connectivity index is 1.79. The largest absolute Gasteiger partial charge is 0.484 e. The summed E-state index contributed by atoms with van der Waals surface area (Å²) in [6.45, 7) is 3.79. The number of hydrogen-bond acceptors (Lipinski definition) is 5. The van der Waals surface area contributed by atoms with E-state index in [1.54, 1.807) is 13.0 Å². The van der Waals surface area contributed by atoms with Gasteiger partial charge in [-0.3, -0.25) is 4.79 Å². The second kappa shape index (κ2) is 9.71. The predicted octanol–water partition coefficient (Wildman–Crippen LogP) is 5.68. The van der Waals surface area contributed by atoms with Crippen LogP contribution in [0.25, 0.3) is 11.1 Å². The van der Waals surface area contributed by atoms with Crippen molar-refractivity contribution in [2.75, 3.05) is 18.5 Å². The predicted molar refractivity (Wildman–Crippen MR) is 119 cm³/mol. The van der Waals surface area contributed by atoms with Gasteiger partial charge in [0.25, 0.3) is 5.91 Å². The summed E-state index contributed by atoms with van der Waals surface area (Å²) in [5.41, 5.74) is 2.98. The molecule has 0 aliphatic heterocycles. The topological polar surface area (TPSA) is 64.6 Å². The molecule has 3 rings (SSSR count). The number of hydrogen-bond donors (Lipinski definition) is 1. The molecule has 7 heteroatoms. The summed E-state index contributed by atoms with van der Waals surface area (Å²) in [5.74, 6) is -0.199. The van der Waals surface area contributed by atoms with Crippen molar-refractivity contribution in [1.82, 2.24) is 0 Å². The summed E-state index contributed by atoms with van der Waals surface area (Å²) in [4.78, 5) is 25.0. The zero-order valence-electron chi connectivity index (χ0n) is 16.0. The Hall–Kier alpha value is -2.64. The molecular weight excluding hydrogens is 454 g/mol. The SMILES string of the molecule is CCOC(=O)c1c(-c2ccc(Br)cc2)csc1NC(=O)COc1cccc(C)c1. The first-order chi connectivity index (χ1) is 14.0. The number of anilines is 1. The van der Waals surface area contributed by atoms with Gasteiger partial charge in [-0.2, -0.15) is 0 Å². The number of benzene rings is 2. The molecule has 5 nitrogen and oxygen atoms in total. The number of aryl methyl sites for hydroxylation is 1. The summed E-state index contributed by atoms with van der Waals surface area (Å²) < 4.78 is 11.7. The number of ether oxygens (including phenoxy) is 2. The van der Waals surface area contributed by atoms with E-state index in [0.717, 1.165) is 21.2 Å². The molecule has 0 atom stereocenters. The van der Waals surface area contributed by atoms with Crippen LogP contribution in [0.1, 0.15) is 22.8 Å². The van der Waals surface area contributed by atoms with Crippen LogP contribution in [-0.2, 0) is 9.53 Å². The van der Waals surface area contributed by atoms with Crippen LogP contribution in [-0.4, -0.2) is 25.1 Å². The van der Waals surface area contributed by atoms with Crippen molar-refractivity contribution in [1.29, 1.82) is 0 Å². The molecule has 1 amide bonds. The van der Waals surface area contributed by atoms with Crippen molar-refractivity contribution in [2.45, 2.75) is 13.8 Å². The minimum atomic E-state index is -0.471. The Morgan fingerprint density at radius 2 is 1.90 bits per heavy atom. The van der Waals surface area contributed by atoms with Gasteiger partial charge >= 0.3 is 5.97 Å². The molecule has 0 unspecified atom stereocenters. The third kappa shape index (κ3) is 5.46. The zero-order chi connectivity index (χ0) is 20.8. The van der Waals surface area contributed by atoms with E-state index < -0.39 is 5.97 Å². The second-order valence-electron chi connectivity index (χ2n) is 6.23. The molecule has 0 saturated heterocycles. The highest BCUT2D eigenvalue weighted by Gasteiger charge is 2.23. The quantitative estimate of drug-likeness (QED) is 0.448. The molecule has 0 aliphatic carbocycles. The molecule has 2 aromatic carbocycles. The molecule has 0 aliphatic rings. The number of carbonyl (C=O) groups excluding carboxylic acids is 2. The van der Waals surface area contributed by atoms with Gasteiger partial charge in [-0.25, -0.2) is 4.79 Å². The van der Waals surface area contributed by atoms with Crippen LogP contribution in [0.5, 0.6) is 5.75 Å². The molecule has 0 radical (unpaired) electrons. The summed E-state index contributed by atoms with van der Waals surface area (Å²) in [7, 11) is 0. The average molecular weight is 474 g/mol. The van der Waals surface area contributed by atoms with Gasteiger partial charge in [-0.15, -0.1) is 11.3 Å². The Kier molecular flexibility index (Phi) is 7.06. The van der Waals surface area contributed by atoms with Crippen LogP contribution >= 0.6 is 27.3 Å². The van der Waals surface area contributed by atoms with Gasteiger partial charge in [0.05, 0.1) is 6.61 Å². The lowest BCUT2D eigenvalue weighted by Crippen LogP contribution is -2.21. The minimum Gasteiger partial charge on any atom is -0.484 e. The number of thiophene rings is 1. The van der Waals surface area contributed by atoms with E-state index in [-0.39, 0.29) is 19.1 Å². The standard InChI is InChI=1S/C22H20BrNO4S/c1-3-27-22(26)20-18(15-7-9-16(23)10-8-15)13-29-21(20)24-19(25)12-28-17-6-4-5-14(2)11-17/h4-11,13H,3,12H2,1-2H3,(H,24,25). The summed E-state index contributed by atoms with van der Waals surface area (Å²) in [6, 6.07) is 15.1. The summed E-state index contributed by atoms with van der Waals surface area (Å²) in [6.07, 6.45) is 0. The lowest BCUT2D eigenvalue weighted by atomic mass is 10.0. The van der Waals surface area contributed by atoms with Gasteiger partial charge in [0.1, 0.15) is 16.3 Å². The van der Waals surface area contributed by atoms with Crippen molar-refractivity contribution >= 4 is 44.1 Å². The maximum absolute atomic E-state index is 12.6. The van der Waals surface area contributed by atoms with Crippen molar-refractivity contribution in [3.05, 3.63) is 69.5 Å². The van der Waals surface area contributed by atoms with E-state index in [1.807, 2.05) is 54.8 Å². The Morgan fingerprint density at radius 3 is 2.59 bits per heavy atom. The second-order valence-corrected chi connectivity index (χ2v) is 8.03. The highest BCUT2D eigenvalue weighted by Crippen LogP contribution is 2.36. The van der Waals surface area contributed by atoms with E-state index in [4.69, 9.17) is 9.47 Å². The molecule has 1 N–H and O–H groups in total. The van der Waals surface area contributed by atoms with Crippen LogP contribution in [0, 0.1) is 6.92 Å². The van der Waals surface area contributed by atoms with E-state index in [2.05, 4.69) is 21.2 Å². The highest BCUT2D eigenvalue weighted by atomic mass is 79.9. The molecule has 150 valence electrons. The Bertz CT molecular complexity index is 1010. The molecule has 3 aromatic rings. The molecule has 0 bridgehead atoms. The minimum absolute atomic E-state index is 0.156. The lowest BCUT2D eigenvalue weighted by molar-refractivity contribution is -0.118. The molecule has 1 aromatic heterocycles. The number of amides is 1. The Morgan fingerprint density at radius 1 is 1.14 bits per heavy atom. The summed E-state index contributed by atoms with van der Waals surface area (Å²) >= 11 is 4.69. The molecule has 0 saturated carbocycles. The fraction of sp³-hybridized carbons (Fsp3) is 0.182. The van der Waals surface area contributed by atoms with E-state index in [9.17, 15) is 9.59 Å². The number of carbonyl (C=O) groups is 2. The molecule has 29 heavy (non-hydrogen) atoms. The van der Waals surface area contributed by atoms with Crippen LogP contribution < -0.4 is 10.1 Å². The third-order valence-electron chi connectivity index (χ3n) is 4.04. The van der Waals surface area contributed by atoms with Gasteiger partial charge in [-0.1, -0.05) is 40.2 Å². The Labute approximate surface area is 181 Å². The monoisotopic (exact) mass is 473 g/mol. The maximum atomic E-state index is 12.6. The average Bonchev–Trinajstić information content (AvgIpc) is 3.11. The van der Waals surface area contributed by atoms with Crippen molar-refractivity contribution < 1.29 is 19.1 Å². The van der Waals surface area contributed by atoms with E-state index >= 15 is 0 Å². The van der Waals surface area contributed by atoms with Gasteiger partial charge in [0.2, 0.25) is 0 Å². The van der Waals surface area contributed by atoms with Crippen molar-refractivity contribution in [3.8, 4) is 16.9 Å². The molecule has 0 fully saturated rings. The fourth-order valence-electron chi connectivity index (χ4n) is 2.71. The van der Waals surface area contributed by atoms with Crippen LogP contribution in [0.15, 0.2) is 58.4 Å². The molecule has 1 heterocycles. The zero-order valence-corrected chi connectivity index (χ0v) is 18.4. The van der Waals surface area contributed by atoms with E-state index in [1.165, 1.54) is 11.3 Å². The normalized spacial score (nSPS) is 10.4. The fourth-order valence-corrected chi connectivity index (χ4v) is 3.95. The van der Waals surface area contributed by atoms with Crippen LogP contribution in [0.4, 0.5) is 5.00 Å². The maximum Gasteiger partial charge on any atom is 0.341 e. The number of rotatable bonds is 7. The molecular formula is C22H20BrNO4S. The first-order valence-electron chi connectivity index (χ1n) is 9.01. The molecule has 0 spiro atoms. The summed E-state index contributed by atoms with van der Waals surface area (Å²) in [5, 5.41) is 5.06. The highest BCUT2D eigenvalue weighted by molar-refractivity contribution is 9.10. The number of halogens is 1.